The van der Waals surface area contributed by atoms with Crippen molar-refractivity contribution in [3.63, 3.8) is 0 Å². The molecule has 1 aliphatic heterocycles. The van der Waals surface area contributed by atoms with Gasteiger partial charge in [0.1, 0.15) is 0 Å². The van der Waals surface area contributed by atoms with Crippen LogP contribution in [0.5, 0.6) is 0 Å². The lowest BCUT2D eigenvalue weighted by molar-refractivity contribution is 0.0697. The van der Waals surface area contributed by atoms with Gasteiger partial charge < -0.3 is 14.7 Å². The van der Waals surface area contributed by atoms with Crippen LogP contribution in [0.15, 0.2) is 54.7 Å². The maximum atomic E-state index is 11.9. The molecule has 2 aliphatic rings. The van der Waals surface area contributed by atoms with Crippen molar-refractivity contribution in [1.29, 1.82) is 0 Å². The van der Waals surface area contributed by atoms with Crippen LogP contribution < -0.4 is 0 Å². The number of aromatic amines is 1. The third kappa shape index (κ3) is 3.59. The van der Waals surface area contributed by atoms with E-state index in [4.69, 9.17) is 0 Å². The molecule has 37 heavy (non-hydrogen) atoms. The summed E-state index contributed by atoms with van der Waals surface area (Å²) < 4.78 is 2.43. The van der Waals surface area contributed by atoms with Crippen molar-refractivity contribution in [3.05, 3.63) is 77.0 Å². The molecule has 2 N–H and O–H groups in total. The molecule has 3 aromatic heterocycles. The predicted molar refractivity (Wildman–Crippen MR) is 148 cm³/mol. The van der Waals surface area contributed by atoms with E-state index in [1.54, 1.807) is 6.07 Å². The third-order valence-electron chi connectivity index (χ3n) is 8.53. The van der Waals surface area contributed by atoms with Gasteiger partial charge >= 0.3 is 5.97 Å². The molecule has 1 aliphatic carbocycles. The second-order valence-electron chi connectivity index (χ2n) is 10.8. The number of hydrogen-bond acceptors (Lipinski definition) is 2. The van der Waals surface area contributed by atoms with Gasteiger partial charge in [0.25, 0.3) is 0 Å². The van der Waals surface area contributed by atoms with Crippen molar-refractivity contribution < 1.29 is 9.90 Å². The Morgan fingerprint density at radius 1 is 1.00 bits per heavy atom. The number of carboxylic acids is 1. The van der Waals surface area contributed by atoms with Crippen LogP contribution in [-0.2, 0) is 13.0 Å². The predicted octanol–water partition coefficient (Wildman–Crippen LogP) is 7.85. The molecule has 5 heteroatoms. The number of aromatic carboxylic acids is 1. The lowest BCUT2D eigenvalue weighted by atomic mass is 9.81. The number of nitrogens with zero attached hydrogens (tertiary/aromatic N) is 2. The van der Waals surface area contributed by atoms with Gasteiger partial charge in [-0.25, -0.2) is 4.79 Å². The van der Waals surface area contributed by atoms with Crippen molar-refractivity contribution in [3.8, 4) is 22.6 Å². The number of aryl methyl sites for hydroxylation is 3. The molecule has 5 nitrogen and oxygen atoms in total. The second kappa shape index (κ2) is 8.62. The lowest BCUT2D eigenvalue weighted by Gasteiger charge is -2.24. The van der Waals surface area contributed by atoms with E-state index in [0.29, 0.717) is 11.5 Å². The van der Waals surface area contributed by atoms with Crippen molar-refractivity contribution in [1.82, 2.24) is 14.5 Å². The summed E-state index contributed by atoms with van der Waals surface area (Å²) in [6, 6.07) is 16.7. The lowest BCUT2D eigenvalue weighted by Crippen LogP contribution is -2.07. The molecule has 7 rings (SSSR count). The number of carbonyl (C=O) groups is 1. The highest BCUT2D eigenvalue weighted by Gasteiger charge is 2.30. The SMILES string of the molecule is Cc1ccnc(-c2cc3c4c(ccc3[nH]2)-c2c(C3CCCCC3)c3ccc(C(=O)O)cc3n2CCC4)c1. The summed E-state index contributed by atoms with van der Waals surface area (Å²) in [4.78, 5) is 20.1. The average Bonchev–Trinajstić information content (AvgIpc) is 3.43. The number of hydrogen-bond donors (Lipinski definition) is 2. The normalized spacial score (nSPS) is 16.0. The fourth-order valence-electron chi connectivity index (χ4n) is 6.83. The summed E-state index contributed by atoms with van der Waals surface area (Å²) in [5.41, 5.74) is 11.3. The Kier molecular flexibility index (Phi) is 5.20. The Morgan fingerprint density at radius 3 is 2.68 bits per heavy atom. The highest BCUT2D eigenvalue weighted by molar-refractivity contribution is 6.00. The van der Waals surface area contributed by atoms with E-state index < -0.39 is 5.97 Å². The van der Waals surface area contributed by atoms with Gasteiger partial charge in [0.15, 0.2) is 0 Å². The minimum absolute atomic E-state index is 0.365. The molecule has 2 aromatic carbocycles. The van der Waals surface area contributed by atoms with Gasteiger partial charge in [0.05, 0.1) is 22.6 Å². The Morgan fingerprint density at radius 2 is 1.86 bits per heavy atom. The van der Waals surface area contributed by atoms with E-state index in [9.17, 15) is 9.90 Å². The summed E-state index contributed by atoms with van der Waals surface area (Å²) in [6.07, 6.45) is 10.1. The molecule has 0 saturated heterocycles. The van der Waals surface area contributed by atoms with Crippen LogP contribution >= 0.6 is 0 Å². The summed E-state index contributed by atoms with van der Waals surface area (Å²) >= 11 is 0. The molecule has 0 atom stereocenters. The van der Waals surface area contributed by atoms with Gasteiger partial charge in [-0.2, -0.15) is 0 Å². The number of fused-ring (bicyclic) bond motifs is 7. The zero-order valence-electron chi connectivity index (χ0n) is 21.2. The Labute approximate surface area is 216 Å². The molecule has 0 bridgehead atoms. The molecule has 5 aromatic rings. The van der Waals surface area contributed by atoms with Gasteiger partial charge in [0.2, 0.25) is 0 Å². The van der Waals surface area contributed by atoms with E-state index in [-0.39, 0.29) is 0 Å². The molecule has 0 amide bonds. The largest absolute Gasteiger partial charge is 0.478 e. The molecule has 1 fully saturated rings. The van der Waals surface area contributed by atoms with E-state index in [0.717, 1.165) is 41.8 Å². The van der Waals surface area contributed by atoms with E-state index in [1.807, 2.05) is 18.3 Å². The zero-order chi connectivity index (χ0) is 25.1. The van der Waals surface area contributed by atoms with Crippen LogP contribution in [0.4, 0.5) is 0 Å². The molecule has 0 unspecified atom stereocenters. The first kappa shape index (κ1) is 22.3. The molecule has 186 valence electrons. The van der Waals surface area contributed by atoms with Crippen LogP contribution in [0, 0.1) is 6.92 Å². The Bertz CT molecular complexity index is 1680. The summed E-state index contributed by atoms with van der Waals surface area (Å²) in [7, 11) is 0. The smallest absolute Gasteiger partial charge is 0.335 e. The monoisotopic (exact) mass is 489 g/mol. The van der Waals surface area contributed by atoms with Crippen LogP contribution in [0.3, 0.4) is 0 Å². The average molecular weight is 490 g/mol. The highest BCUT2D eigenvalue weighted by atomic mass is 16.4. The Hall–Kier alpha value is -3.86. The quantitative estimate of drug-likeness (QED) is 0.271. The molecule has 4 heterocycles. The summed E-state index contributed by atoms with van der Waals surface area (Å²) in [5.74, 6) is -0.347. The van der Waals surface area contributed by atoms with Gasteiger partial charge in [-0.05, 0) is 91.6 Å². The van der Waals surface area contributed by atoms with Gasteiger partial charge in [-0.3, -0.25) is 4.98 Å². The number of aromatic nitrogens is 3. The van der Waals surface area contributed by atoms with Crippen molar-refractivity contribution in [2.24, 2.45) is 0 Å². The Balaban J connectivity index is 1.49. The number of carboxylic acid groups (broad SMARTS) is 1. The maximum Gasteiger partial charge on any atom is 0.335 e. The van der Waals surface area contributed by atoms with Gasteiger partial charge in [-0.15, -0.1) is 0 Å². The number of benzene rings is 2. The maximum absolute atomic E-state index is 11.9. The van der Waals surface area contributed by atoms with Crippen LogP contribution in [0.25, 0.3) is 44.5 Å². The zero-order valence-corrected chi connectivity index (χ0v) is 21.2. The van der Waals surface area contributed by atoms with Crippen LogP contribution in [-0.4, -0.2) is 25.6 Å². The van der Waals surface area contributed by atoms with Crippen molar-refractivity contribution in [2.75, 3.05) is 0 Å². The van der Waals surface area contributed by atoms with Gasteiger partial charge in [0, 0.05) is 40.1 Å². The second-order valence-corrected chi connectivity index (χ2v) is 10.8. The number of pyridine rings is 1. The van der Waals surface area contributed by atoms with Crippen LogP contribution in [0.2, 0.25) is 0 Å². The first-order chi connectivity index (χ1) is 18.1. The summed E-state index contributed by atoms with van der Waals surface area (Å²) in [6.45, 7) is 3.00. The van der Waals surface area contributed by atoms with E-state index in [1.165, 1.54) is 70.8 Å². The topological polar surface area (TPSA) is 70.9 Å². The molecular weight excluding hydrogens is 458 g/mol. The molecular formula is C32H31N3O2. The standard InChI is InChI=1S/C32H31N3O2/c1-19-13-14-33-27(16-19)28-18-25-22-8-5-15-35-29-17-21(32(36)37)9-10-24(29)30(20-6-3-2-4-7-20)31(35)23(22)11-12-26(25)34-28/h9-14,16-18,20,34H,2-8,15H2,1H3,(H,36,37). The van der Waals surface area contributed by atoms with E-state index >= 15 is 0 Å². The number of nitrogens with one attached hydrogen (secondary N) is 1. The molecule has 0 radical (unpaired) electrons. The first-order valence-corrected chi connectivity index (χ1v) is 13.6. The first-order valence-electron chi connectivity index (χ1n) is 13.6. The number of rotatable bonds is 3. The van der Waals surface area contributed by atoms with Crippen molar-refractivity contribution in [2.45, 2.75) is 64.3 Å². The van der Waals surface area contributed by atoms with Crippen LogP contribution in [0.1, 0.15) is 71.5 Å². The molecule has 1 saturated carbocycles. The van der Waals surface area contributed by atoms with Crippen molar-refractivity contribution >= 4 is 27.8 Å². The number of H-pyrrole nitrogens is 1. The van der Waals surface area contributed by atoms with E-state index in [2.05, 4.69) is 51.8 Å². The summed E-state index contributed by atoms with van der Waals surface area (Å²) in [5, 5.41) is 12.2. The molecule has 0 spiro atoms. The highest BCUT2D eigenvalue weighted by Crippen LogP contribution is 2.47. The minimum atomic E-state index is -0.864. The van der Waals surface area contributed by atoms with Gasteiger partial charge in [-0.1, -0.05) is 31.4 Å². The fourth-order valence-corrected chi connectivity index (χ4v) is 6.83. The fraction of sp³-hybridized carbons (Fsp3) is 0.312. The third-order valence-corrected chi connectivity index (χ3v) is 8.53. The minimum Gasteiger partial charge on any atom is -0.478 e.